The fraction of sp³-hybridized carbons (Fsp3) is 0.476. The third kappa shape index (κ3) is 5.22. The number of thioether (sulfide) groups is 1. The van der Waals surface area contributed by atoms with Crippen molar-refractivity contribution in [2.24, 2.45) is 0 Å². The van der Waals surface area contributed by atoms with Gasteiger partial charge in [0.05, 0.1) is 30.1 Å². The van der Waals surface area contributed by atoms with Gasteiger partial charge in [0.1, 0.15) is 12.4 Å². The third-order valence-electron chi connectivity index (χ3n) is 12.5. The Hall–Kier alpha value is -4.43. The summed E-state index contributed by atoms with van der Waals surface area (Å²) in [6.07, 6.45) is 2.20. The highest BCUT2D eigenvalue weighted by Crippen LogP contribution is 2.63. The maximum Gasteiger partial charge on any atom is 0.333 e. The SMILES string of the molecule is CC[C@@H]1Cc2cc(C)c(OC)c(O)c2[C@@H](N(C)C)[C@H]2[C@H]3SC[C@]4(NCCc5c4[nH]c4ccccc54)C(=O)OC[C@H](c4c5c(c(C)c(OC(C)=O)c43)OCO5)N12. The summed E-state index contributed by atoms with van der Waals surface area (Å²) in [6.45, 7) is 8.10. The summed E-state index contributed by atoms with van der Waals surface area (Å²) in [6, 6.07) is 9.11. The summed E-state index contributed by atoms with van der Waals surface area (Å²) in [7, 11) is 5.68. The molecule has 1 fully saturated rings. The number of phenols is 1. The van der Waals surface area contributed by atoms with Gasteiger partial charge in [-0.3, -0.25) is 15.0 Å². The normalized spacial score (nSPS) is 26.9. The van der Waals surface area contributed by atoms with Crippen LogP contribution in [0.3, 0.4) is 0 Å². The van der Waals surface area contributed by atoms with E-state index in [1.807, 2.05) is 46.1 Å². The Labute approximate surface area is 324 Å². The van der Waals surface area contributed by atoms with Gasteiger partial charge in [-0.1, -0.05) is 31.2 Å². The topological polar surface area (TPSA) is 135 Å². The maximum absolute atomic E-state index is 14.9. The number of hydrogen-bond donors (Lipinski definition) is 3. The van der Waals surface area contributed by atoms with Crippen molar-refractivity contribution in [2.45, 2.75) is 81.9 Å². The number of fused-ring (bicyclic) bond motifs is 8. The number of rotatable bonds is 4. The zero-order valence-electron chi connectivity index (χ0n) is 32.3. The number of phenolic OH excluding ortho intramolecular Hbond substituents is 1. The summed E-state index contributed by atoms with van der Waals surface area (Å²) in [5.74, 6) is 1.68. The molecule has 0 unspecified atom stereocenters. The number of nitrogens with one attached hydrogen (secondary N) is 2. The van der Waals surface area contributed by atoms with Crippen molar-refractivity contribution >= 4 is 34.6 Å². The summed E-state index contributed by atoms with van der Waals surface area (Å²) in [5, 5.41) is 16.5. The van der Waals surface area contributed by atoms with Crippen molar-refractivity contribution in [3.05, 3.63) is 75.0 Å². The van der Waals surface area contributed by atoms with E-state index in [-0.39, 0.29) is 43.2 Å². The van der Waals surface area contributed by atoms with Crippen molar-refractivity contribution in [3.8, 4) is 28.7 Å². The Morgan fingerprint density at radius 2 is 1.89 bits per heavy atom. The number of aromatic nitrogens is 1. The molecule has 6 aliphatic rings. The molecule has 290 valence electrons. The Kier molecular flexibility index (Phi) is 8.80. The number of carbonyl (C=O) groups is 2. The quantitative estimate of drug-likeness (QED) is 0.169. The van der Waals surface area contributed by atoms with E-state index in [1.165, 1.54) is 6.92 Å². The highest BCUT2D eigenvalue weighted by Gasteiger charge is 2.57. The fourth-order valence-electron chi connectivity index (χ4n) is 10.3. The predicted octanol–water partition coefficient (Wildman–Crippen LogP) is 5.89. The Morgan fingerprint density at radius 1 is 1.11 bits per heavy atom. The van der Waals surface area contributed by atoms with Gasteiger partial charge in [0.25, 0.3) is 0 Å². The lowest BCUT2D eigenvalue weighted by atomic mass is 9.79. The Bertz CT molecular complexity index is 2250. The molecule has 10 rings (SSSR count). The number of aromatic hydroxyl groups is 1. The molecule has 7 heterocycles. The minimum atomic E-state index is -1.18. The van der Waals surface area contributed by atoms with Gasteiger partial charge in [-0.25, -0.2) is 4.79 Å². The van der Waals surface area contributed by atoms with Crippen LogP contribution in [-0.2, 0) is 32.7 Å². The van der Waals surface area contributed by atoms with Crippen LogP contribution in [0.2, 0.25) is 0 Å². The molecule has 12 nitrogen and oxygen atoms in total. The lowest BCUT2D eigenvalue weighted by Crippen LogP contribution is -2.60. The molecular formula is C42H48N4O8S. The third-order valence-corrected chi connectivity index (χ3v) is 14.0. The van der Waals surface area contributed by atoms with E-state index in [0.717, 1.165) is 62.8 Å². The predicted molar refractivity (Wildman–Crippen MR) is 208 cm³/mol. The first-order valence-electron chi connectivity index (χ1n) is 19.1. The number of H-pyrrole nitrogens is 1. The van der Waals surface area contributed by atoms with Crippen LogP contribution in [0.1, 0.15) is 82.2 Å². The van der Waals surface area contributed by atoms with E-state index in [9.17, 15) is 14.7 Å². The number of ether oxygens (including phenoxy) is 5. The number of esters is 2. The Balaban J connectivity index is 1.34. The number of carbonyl (C=O) groups excluding carboxylic acids is 2. The van der Waals surface area contributed by atoms with Gasteiger partial charge >= 0.3 is 11.9 Å². The van der Waals surface area contributed by atoms with Crippen molar-refractivity contribution in [1.82, 2.24) is 20.1 Å². The van der Waals surface area contributed by atoms with Gasteiger partial charge in [-0.05, 0) is 70.0 Å². The van der Waals surface area contributed by atoms with Gasteiger partial charge in [0, 0.05) is 64.5 Å². The molecule has 1 saturated heterocycles. The number of aromatic amines is 1. The molecule has 6 atom stereocenters. The zero-order chi connectivity index (χ0) is 38.5. The molecule has 2 bridgehead atoms. The number of para-hydroxylation sites is 1. The average Bonchev–Trinajstić information content (AvgIpc) is 3.77. The first-order chi connectivity index (χ1) is 26.5. The lowest BCUT2D eigenvalue weighted by Gasteiger charge is -2.54. The molecule has 4 aromatic rings. The van der Waals surface area contributed by atoms with Gasteiger partial charge in [-0.15, -0.1) is 11.8 Å². The van der Waals surface area contributed by atoms with Crippen LogP contribution in [0.15, 0.2) is 30.3 Å². The molecule has 3 aromatic carbocycles. The number of aryl methyl sites for hydroxylation is 1. The van der Waals surface area contributed by atoms with Gasteiger partial charge in [0.2, 0.25) is 6.79 Å². The van der Waals surface area contributed by atoms with E-state index >= 15 is 0 Å². The number of nitrogens with zero attached hydrogens (tertiary/aromatic N) is 2. The molecular weight excluding hydrogens is 721 g/mol. The molecule has 3 N–H and O–H groups in total. The highest BCUT2D eigenvalue weighted by atomic mass is 32.2. The molecule has 0 aliphatic carbocycles. The zero-order valence-corrected chi connectivity index (χ0v) is 33.1. The second-order valence-corrected chi connectivity index (χ2v) is 16.8. The van der Waals surface area contributed by atoms with Crippen LogP contribution >= 0.6 is 11.8 Å². The fourth-order valence-corrected chi connectivity index (χ4v) is 12.0. The smallest absolute Gasteiger partial charge is 0.333 e. The highest BCUT2D eigenvalue weighted by molar-refractivity contribution is 7.99. The van der Waals surface area contributed by atoms with Crippen LogP contribution in [0.25, 0.3) is 10.9 Å². The average molecular weight is 769 g/mol. The van der Waals surface area contributed by atoms with E-state index in [2.05, 4.69) is 39.2 Å². The molecule has 0 radical (unpaired) electrons. The van der Waals surface area contributed by atoms with Gasteiger partial charge in [0.15, 0.2) is 28.5 Å². The molecule has 13 heteroatoms. The minimum absolute atomic E-state index is 0.0123. The number of methoxy groups -OCH3 is 1. The lowest BCUT2D eigenvalue weighted by molar-refractivity contribution is -0.155. The van der Waals surface area contributed by atoms with Crippen molar-refractivity contribution in [2.75, 3.05) is 46.9 Å². The summed E-state index contributed by atoms with van der Waals surface area (Å²) < 4.78 is 31.1. The van der Waals surface area contributed by atoms with Crippen molar-refractivity contribution in [1.29, 1.82) is 0 Å². The second-order valence-electron chi connectivity index (χ2n) is 15.7. The van der Waals surface area contributed by atoms with Crippen LogP contribution < -0.4 is 24.3 Å². The molecule has 1 spiro atoms. The standard InChI is InChI=1S/C42H48N4O8S/c1-8-24-16-23-15-20(2)35(50-7)34(48)29(23)32(45(5)6)33-39-31-30(38-37(52-19-53-38)21(3)36(31)54-22(4)47)28(46(24)33)17-51-41(49)42(18-55-39)40-26(13-14-43-42)25-11-9-10-12-27(25)44-40/h9-12,15,24,28,32-33,39,43-44,48H,8,13-14,16-19H2,1-7H3/t24-,28-,32-,33+,39+,42-/m1/s1. The molecule has 0 saturated carbocycles. The monoisotopic (exact) mass is 768 g/mol. The summed E-state index contributed by atoms with van der Waals surface area (Å²) in [4.78, 5) is 36.2. The molecule has 1 aromatic heterocycles. The molecule has 0 amide bonds. The summed E-state index contributed by atoms with van der Waals surface area (Å²) in [5.41, 5.74) is 6.78. The Morgan fingerprint density at radius 3 is 2.64 bits per heavy atom. The summed E-state index contributed by atoms with van der Waals surface area (Å²) >= 11 is 1.65. The van der Waals surface area contributed by atoms with E-state index in [1.54, 1.807) is 18.9 Å². The number of benzene rings is 3. The molecule has 6 aliphatic heterocycles. The van der Waals surface area contributed by atoms with Crippen LogP contribution in [0.4, 0.5) is 0 Å². The van der Waals surface area contributed by atoms with Gasteiger partial charge in [-0.2, -0.15) is 0 Å². The largest absolute Gasteiger partial charge is 0.504 e. The van der Waals surface area contributed by atoms with Crippen molar-refractivity contribution in [3.63, 3.8) is 0 Å². The van der Waals surface area contributed by atoms with E-state index in [4.69, 9.17) is 23.7 Å². The first-order valence-corrected chi connectivity index (χ1v) is 20.2. The number of hydrogen-bond acceptors (Lipinski definition) is 12. The van der Waals surface area contributed by atoms with Crippen LogP contribution in [-0.4, -0.2) is 90.8 Å². The minimum Gasteiger partial charge on any atom is -0.504 e. The van der Waals surface area contributed by atoms with Crippen molar-refractivity contribution < 1.29 is 38.4 Å². The molecule has 55 heavy (non-hydrogen) atoms. The van der Waals surface area contributed by atoms with Gasteiger partial charge < -0.3 is 38.7 Å². The van der Waals surface area contributed by atoms with Crippen LogP contribution in [0, 0.1) is 13.8 Å². The van der Waals surface area contributed by atoms with E-state index in [0.29, 0.717) is 47.3 Å². The maximum atomic E-state index is 14.9. The first kappa shape index (κ1) is 36.2. The van der Waals surface area contributed by atoms with Crippen LogP contribution in [0.5, 0.6) is 28.7 Å². The second kappa shape index (κ2) is 13.4. The number of likely N-dealkylation sites (N-methyl/N-ethyl adjacent to an activating group) is 1. The van der Waals surface area contributed by atoms with E-state index < -0.39 is 22.8 Å².